The summed E-state index contributed by atoms with van der Waals surface area (Å²) in [6, 6.07) is 137. The van der Waals surface area contributed by atoms with Crippen molar-refractivity contribution in [2.24, 2.45) is 0 Å². The van der Waals surface area contributed by atoms with Gasteiger partial charge in [-0.1, -0.05) is 248 Å². The smallest absolute Gasteiger partial charge is 0.116 e. The molecular formula is C103H68N6. The molecule has 0 fully saturated rings. The summed E-state index contributed by atoms with van der Waals surface area (Å²) in [6.45, 7) is 4.44. The van der Waals surface area contributed by atoms with E-state index in [-0.39, 0.29) is 0 Å². The van der Waals surface area contributed by atoms with Gasteiger partial charge in [-0.25, -0.2) is 9.97 Å². The normalized spacial score (nSPS) is 12.6. The van der Waals surface area contributed by atoms with Crippen LogP contribution in [0.3, 0.4) is 0 Å². The summed E-state index contributed by atoms with van der Waals surface area (Å²) < 4.78 is 9.64. The molecule has 5 heterocycles. The van der Waals surface area contributed by atoms with Crippen molar-refractivity contribution in [3.63, 3.8) is 0 Å². The van der Waals surface area contributed by atoms with E-state index < -0.39 is 5.41 Å². The molecule has 1 aliphatic rings. The molecule has 16 aromatic carbocycles. The molecule has 0 atom stereocenters. The van der Waals surface area contributed by atoms with Crippen LogP contribution in [0.2, 0.25) is 0 Å². The van der Waals surface area contributed by atoms with E-state index in [1.807, 2.05) is 0 Å². The van der Waals surface area contributed by atoms with E-state index in [0.717, 1.165) is 101 Å². The van der Waals surface area contributed by atoms with E-state index in [1.54, 1.807) is 6.33 Å². The first-order chi connectivity index (χ1) is 53.8. The van der Waals surface area contributed by atoms with Crippen molar-refractivity contribution < 1.29 is 0 Å². The van der Waals surface area contributed by atoms with Gasteiger partial charge >= 0.3 is 0 Å². The van der Waals surface area contributed by atoms with E-state index in [9.17, 15) is 0 Å². The van der Waals surface area contributed by atoms with Crippen LogP contribution in [0.4, 0.5) is 0 Å². The Kier molecular flexibility index (Phi) is 13.9. The van der Waals surface area contributed by atoms with Crippen LogP contribution in [0.25, 0.3) is 177 Å². The zero-order valence-corrected chi connectivity index (χ0v) is 60.0. The standard InChI is InChI=1S/C103H68N6/c1-65-44-48-91-87(52-65)88-53-66(2)45-49-92(88)103(91,75-26-18-22-67(55-75)69-24-20-30-78(57-69)108-100-43-17-11-37-86(100)90-62-71(47-51-102(90)108)70-46-50-101-89(61-70)85-36-10-16-42-99(85)106(101)77-28-4-3-5-29-77)76-27-19-23-68(56-76)73-54-74(60-80(59-73)109-97-40-14-8-34-83(97)84-35-9-15-41-98(84)109)94-63-93(104-64-105-94)72-25-21-31-79(58-72)107-95-38-12-6-32-81(95)82-33-7-13-39-96(82)107/h3-64H,1-2H3. The molecule has 21 aromatic rings. The molecule has 1 aliphatic carbocycles. The SMILES string of the molecule is Cc1ccc2c(c1)-c1cc(C)ccc1C2(c1cccc(-c2cccc(-n3c4ccccc4c4cc(-c5ccc6c(c5)c5ccccc5n6-c5ccccc5)ccc43)c2)c1)c1cccc(-c2cc(-c3cc(-c4cccc(-n5c6ccccc6c6ccccc65)c4)ncn3)cc(-n3c4ccccc4c4ccccc43)c2)c1. The molecule has 0 unspecified atom stereocenters. The third-order valence-electron chi connectivity index (χ3n) is 23.2. The van der Waals surface area contributed by atoms with E-state index in [1.165, 1.54) is 110 Å². The van der Waals surface area contributed by atoms with Crippen molar-refractivity contribution in [3.05, 3.63) is 410 Å². The molecule has 22 rings (SSSR count). The van der Waals surface area contributed by atoms with Gasteiger partial charge in [-0.2, -0.15) is 0 Å². The van der Waals surface area contributed by atoms with Gasteiger partial charge < -0.3 is 18.3 Å². The summed E-state index contributed by atoms with van der Waals surface area (Å²) in [5.41, 5.74) is 33.3. The number of fused-ring (bicyclic) bond motifs is 15. The maximum absolute atomic E-state index is 5.15. The topological polar surface area (TPSA) is 45.5 Å². The van der Waals surface area contributed by atoms with Crippen LogP contribution in [0, 0.1) is 13.8 Å². The average molecular weight is 1390 g/mol. The predicted octanol–water partition coefficient (Wildman–Crippen LogP) is 26.2. The summed E-state index contributed by atoms with van der Waals surface area (Å²) in [6.07, 6.45) is 1.73. The van der Waals surface area contributed by atoms with Gasteiger partial charge in [0.1, 0.15) is 6.33 Å². The maximum Gasteiger partial charge on any atom is 0.116 e. The van der Waals surface area contributed by atoms with Crippen LogP contribution >= 0.6 is 0 Å². The Morgan fingerprint density at radius 3 is 1.04 bits per heavy atom. The van der Waals surface area contributed by atoms with Crippen LogP contribution in [0.5, 0.6) is 0 Å². The van der Waals surface area contributed by atoms with Crippen molar-refractivity contribution in [2.45, 2.75) is 19.3 Å². The third-order valence-corrected chi connectivity index (χ3v) is 23.2. The molecule has 109 heavy (non-hydrogen) atoms. The summed E-state index contributed by atoms with van der Waals surface area (Å²) in [5.74, 6) is 0. The fourth-order valence-electron chi connectivity index (χ4n) is 18.4. The first-order valence-corrected chi connectivity index (χ1v) is 37.6. The zero-order chi connectivity index (χ0) is 72.0. The highest BCUT2D eigenvalue weighted by molar-refractivity contribution is 6.14. The monoisotopic (exact) mass is 1390 g/mol. The third kappa shape index (κ3) is 9.68. The van der Waals surface area contributed by atoms with Gasteiger partial charge in [-0.3, -0.25) is 0 Å². The van der Waals surface area contributed by atoms with Crippen LogP contribution in [0.1, 0.15) is 33.4 Å². The second kappa shape index (κ2) is 24.4. The van der Waals surface area contributed by atoms with E-state index >= 15 is 0 Å². The number of rotatable bonds is 11. The molecular weight excluding hydrogens is 1320 g/mol. The molecule has 0 spiro atoms. The summed E-state index contributed by atoms with van der Waals surface area (Å²) in [7, 11) is 0. The Morgan fingerprint density at radius 2 is 0.550 bits per heavy atom. The van der Waals surface area contributed by atoms with Crippen molar-refractivity contribution in [2.75, 3.05) is 0 Å². The first-order valence-electron chi connectivity index (χ1n) is 37.6. The summed E-state index contributed by atoms with van der Waals surface area (Å²) in [5, 5.41) is 9.77. The first kappa shape index (κ1) is 62.2. The fourth-order valence-corrected chi connectivity index (χ4v) is 18.4. The highest BCUT2D eigenvalue weighted by Gasteiger charge is 2.46. The number of benzene rings is 16. The fraction of sp³-hybridized carbons (Fsp3) is 0.0291. The second-order valence-electron chi connectivity index (χ2n) is 29.4. The summed E-state index contributed by atoms with van der Waals surface area (Å²) >= 11 is 0. The lowest BCUT2D eigenvalue weighted by molar-refractivity contribution is 0.768. The second-order valence-corrected chi connectivity index (χ2v) is 29.4. The number of nitrogens with zero attached hydrogens (tertiary/aromatic N) is 6. The van der Waals surface area contributed by atoms with Crippen molar-refractivity contribution in [1.82, 2.24) is 28.2 Å². The Hall–Kier alpha value is -14.2. The molecule has 0 aliphatic heterocycles. The number of aromatic nitrogens is 6. The van der Waals surface area contributed by atoms with Crippen LogP contribution < -0.4 is 0 Å². The Morgan fingerprint density at radius 1 is 0.211 bits per heavy atom. The molecule has 5 aromatic heterocycles. The lowest BCUT2D eigenvalue weighted by Crippen LogP contribution is -2.28. The minimum atomic E-state index is -0.730. The number of hydrogen-bond acceptors (Lipinski definition) is 2. The number of para-hydroxylation sites is 7. The van der Waals surface area contributed by atoms with Gasteiger partial charge in [0.25, 0.3) is 0 Å². The lowest BCUT2D eigenvalue weighted by Gasteiger charge is -2.34. The van der Waals surface area contributed by atoms with Crippen molar-refractivity contribution >= 4 is 87.2 Å². The van der Waals surface area contributed by atoms with Gasteiger partial charge in [-0.15, -0.1) is 0 Å². The zero-order valence-electron chi connectivity index (χ0n) is 60.0. The van der Waals surface area contributed by atoms with Gasteiger partial charge in [0.05, 0.1) is 60.9 Å². The Balaban J connectivity index is 0.683. The van der Waals surface area contributed by atoms with Gasteiger partial charge in [-0.05, 0) is 214 Å². The predicted molar refractivity (Wildman–Crippen MR) is 453 cm³/mol. The molecule has 0 N–H and O–H groups in total. The van der Waals surface area contributed by atoms with E-state index in [4.69, 9.17) is 9.97 Å². The molecule has 0 saturated heterocycles. The molecule has 0 radical (unpaired) electrons. The van der Waals surface area contributed by atoms with Gasteiger partial charge in [0.15, 0.2) is 0 Å². The highest BCUT2D eigenvalue weighted by Crippen LogP contribution is 2.58. The quantitative estimate of drug-likeness (QED) is 0.130. The lowest BCUT2D eigenvalue weighted by atomic mass is 9.67. The minimum Gasteiger partial charge on any atom is -0.309 e. The Bertz CT molecular complexity index is 7180. The Labute approximate surface area is 630 Å². The summed E-state index contributed by atoms with van der Waals surface area (Å²) in [4.78, 5) is 10.2. The molecule has 0 saturated carbocycles. The maximum atomic E-state index is 5.15. The van der Waals surface area contributed by atoms with Gasteiger partial charge in [0, 0.05) is 77.0 Å². The molecule has 0 amide bonds. The van der Waals surface area contributed by atoms with Crippen molar-refractivity contribution in [1.29, 1.82) is 0 Å². The largest absolute Gasteiger partial charge is 0.309 e. The average Bonchev–Trinajstić information content (AvgIpc) is 1.52. The van der Waals surface area contributed by atoms with E-state index in [0.29, 0.717) is 0 Å². The van der Waals surface area contributed by atoms with Crippen LogP contribution in [0.15, 0.2) is 376 Å². The highest BCUT2D eigenvalue weighted by atomic mass is 15.0. The van der Waals surface area contributed by atoms with Crippen LogP contribution in [-0.4, -0.2) is 28.2 Å². The number of hydrogen-bond donors (Lipinski definition) is 0. The molecule has 0 bridgehead atoms. The van der Waals surface area contributed by atoms with Crippen LogP contribution in [-0.2, 0) is 5.41 Å². The van der Waals surface area contributed by atoms with E-state index in [2.05, 4.69) is 402 Å². The minimum absolute atomic E-state index is 0.730. The number of aryl methyl sites for hydroxylation is 2. The molecule has 510 valence electrons. The van der Waals surface area contributed by atoms with Crippen molar-refractivity contribution in [3.8, 4) is 89.8 Å². The van der Waals surface area contributed by atoms with Gasteiger partial charge in [0.2, 0.25) is 0 Å². The molecule has 6 nitrogen and oxygen atoms in total. The molecule has 6 heteroatoms.